The van der Waals surface area contributed by atoms with Gasteiger partial charge in [-0.1, -0.05) is 0 Å². The Morgan fingerprint density at radius 3 is 2.71 bits per heavy atom. The van der Waals surface area contributed by atoms with Crippen LogP contribution < -0.4 is 5.32 Å². The number of nitrogens with one attached hydrogen (secondary N) is 1. The largest absolute Gasteiger partial charge is 0.314 e. The predicted molar refractivity (Wildman–Crippen MR) is 69.1 cm³/mol. The molecule has 6 heteroatoms. The standard InChI is InChI=1S/C11H14BrN5/c1-7-11(12)8(2)17(16-7)10-6-14-5-9(15-10)4-13-3/h5-6,13H,4H2,1-3H3. The van der Waals surface area contributed by atoms with Crippen molar-refractivity contribution in [2.45, 2.75) is 20.4 Å². The Morgan fingerprint density at radius 1 is 1.35 bits per heavy atom. The Labute approximate surface area is 108 Å². The van der Waals surface area contributed by atoms with Crippen molar-refractivity contribution in [1.82, 2.24) is 25.1 Å². The highest BCUT2D eigenvalue weighted by Gasteiger charge is 2.11. The number of nitrogens with zero attached hydrogens (tertiary/aromatic N) is 4. The third-order valence-electron chi connectivity index (χ3n) is 2.45. The highest BCUT2D eigenvalue weighted by atomic mass is 79.9. The number of hydrogen-bond donors (Lipinski definition) is 1. The first-order chi connectivity index (χ1) is 8.13. The molecule has 0 aromatic carbocycles. The lowest BCUT2D eigenvalue weighted by atomic mass is 10.4. The molecule has 0 aliphatic rings. The van der Waals surface area contributed by atoms with Crippen LogP contribution in [0.5, 0.6) is 0 Å². The normalized spacial score (nSPS) is 10.8. The van der Waals surface area contributed by atoms with E-state index in [0.717, 1.165) is 27.4 Å². The fraction of sp³-hybridized carbons (Fsp3) is 0.364. The molecule has 0 saturated heterocycles. The summed E-state index contributed by atoms with van der Waals surface area (Å²) < 4.78 is 2.81. The van der Waals surface area contributed by atoms with Crippen LogP contribution in [0.15, 0.2) is 16.9 Å². The molecule has 0 aliphatic heterocycles. The van der Waals surface area contributed by atoms with Crippen LogP contribution in [-0.2, 0) is 6.54 Å². The molecule has 2 rings (SSSR count). The van der Waals surface area contributed by atoms with E-state index in [1.165, 1.54) is 0 Å². The predicted octanol–water partition coefficient (Wildman–Crippen LogP) is 1.76. The Bertz CT molecular complexity index is 535. The summed E-state index contributed by atoms with van der Waals surface area (Å²) in [5.74, 6) is 0.740. The second-order valence-electron chi connectivity index (χ2n) is 3.80. The lowest BCUT2D eigenvalue weighted by Crippen LogP contribution is -2.10. The second-order valence-corrected chi connectivity index (χ2v) is 4.59. The van der Waals surface area contributed by atoms with Gasteiger partial charge in [0, 0.05) is 12.7 Å². The van der Waals surface area contributed by atoms with Crippen LogP contribution in [0.25, 0.3) is 5.82 Å². The minimum absolute atomic E-state index is 0.696. The van der Waals surface area contributed by atoms with E-state index in [0.29, 0.717) is 6.54 Å². The molecule has 0 saturated carbocycles. The maximum atomic E-state index is 4.50. The van der Waals surface area contributed by atoms with Crippen LogP contribution in [-0.4, -0.2) is 26.8 Å². The molecule has 17 heavy (non-hydrogen) atoms. The molecule has 1 N–H and O–H groups in total. The summed E-state index contributed by atoms with van der Waals surface area (Å²) in [5.41, 5.74) is 2.87. The Balaban J connectivity index is 2.45. The number of halogens is 1. The van der Waals surface area contributed by atoms with E-state index < -0.39 is 0 Å². The molecule has 0 radical (unpaired) electrons. The lowest BCUT2D eigenvalue weighted by molar-refractivity contribution is 0.748. The highest BCUT2D eigenvalue weighted by Crippen LogP contribution is 2.21. The van der Waals surface area contributed by atoms with Crippen molar-refractivity contribution < 1.29 is 0 Å². The lowest BCUT2D eigenvalue weighted by Gasteiger charge is -2.05. The van der Waals surface area contributed by atoms with E-state index in [2.05, 4.69) is 36.3 Å². The van der Waals surface area contributed by atoms with Gasteiger partial charge in [0.2, 0.25) is 0 Å². The van der Waals surface area contributed by atoms with Crippen molar-refractivity contribution in [3.05, 3.63) is 33.9 Å². The van der Waals surface area contributed by atoms with Crippen LogP contribution in [0.2, 0.25) is 0 Å². The molecular formula is C11H14BrN5. The van der Waals surface area contributed by atoms with E-state index >= 15 is 0 Å². The summed E-state index contributed by atoms with van der Waals surface area (Å²) in [7, 11) is 1.88. The van der Waals surface area contributed by atoms with Gasteiger partial charge in [0.1, 0.15) is 0 Å². The maximum absolute atomic E-state index is 4.50. The molecule has 0 fully saturated rings. The molecule has 90 valence electrons. The van der Waals surface area contributed by atoms with Gasteiger partial charge in [-0.25, -0.2) is 9.67 Å². The van der Waals surface area contributed by atoms with Crippen LogP contribution in [0.4, 0.5) is 0 Å². The SMILES string of the molecule is CNCc1cncc(-n2nc(C)c(Br)c2C)n1. The molecule has 2 aromatic heterocycles. The van der Waals surface area contributed by atoms with E-state index in [4.69, 9.17) is 0 Å². The highest BCUT2D eigenvalue weighted by molar-refractivity contribution is 9.10. The average molecular weight is 296 g/mol. The fourth-order valence-electron chi connectivity index (χ4n) is 1.61. The summed E-state index contributed by atoms with van der Waals surface area (Å²) in [6, 6.07) is 0. The van der Waals surface area contributed by atoms with Crippen molar-refractivity contribution in [2.24, 2.45) is 0 Å². The van der Waals surface area contributed by atoms with Gasteiger partial charge >= 0.3 is 0 Å². The van der Waals surface area contributed by atoms with Gasteiger partial charge in [-0.2, -0.15) is 5.10 Å². The molecular weight excluding hydrogens is 282 g/mol. The van der Waals surface area contributed by atoms with Gasteiger partial charge in [0.15, 0.2) is 5.82 Å². The topological polar surface area (TPSA) is 55.6 Å². The molecule has 0 spiro atoms. The van der Waals surface area contributed by atoms with Crippen molar-refractivity contribution in [2.75, 3.05) is 7.05 Å². The van der Waals surface area contributed by atoms with Gasteiger partial charge in [-0.15, -0.1) is 0 Å². The molecule has 0 atom stereocenters. The zero-order valence-electron chi connectivity index (χ0n) is 10.0. The number of aromatic nitrogens is 4. The molecule has 2 heterocycles. The minimum Gasteiger partial charge on any atom is -0.314 e. The van der Waals surface area contributed by atoms with Crippen molar-refractivity contribution in [1.29, 1.82) is 0 Å². The first-order valence-electron chi connectivity index (χ1n) is 5.31. The third-order valence-corrected chi connectivity index (χ3v) is 3.60. The number of hydrogen-bond acceptors (Lipinski definition) is 4. The summed E-state index contributed by atoms with van der Waals surface area (Å²) in [6.07, 6.45) is 3.46. The van der Waals surface area contributed by atoms with Gasteiger partial charge < -0.3 is 5.32 Å². The minimum atomic E-state index is 0.696. The fourth-order valence-corrected chi connectivity index (χ4v) is 1.86. The van der Waals surface area contributed by atoms with E-state index in [1.54, 1.807) is 17.1 Å². The average Bonchev–Trinajstić information content (AvgIpc) is 2.58. The summed E-state index contributed by atoms with van der Waals surface area (Å²) in [6.45, 7) is 4.65. The van der Waals surface area contributed by atoms with E-state index in [1.807, 2.05) is 20.9 Å². The first-order valence-corrected chi connectivity index (χ1v) is 6.10. The van der Waals surface area contributed by atoms with Crippen LogP contribution in [0.1, 0.15) is 17.1 Å². The van der Waals surface area contributed by atoms with E-state index in [-0.39, 0.29) is 0 Å². The summed E-state index contributed by atoms with van der Waals surface area (Å²) in [5, 5.41) is 7.48. The smallest absolute Gasteiger partial charge is 0.172 e. The monoisotopic (exact) mass is 295 g/mol. The zero-order valence-corrected chi connectivity index (χ0v) is 11.6. The second kappa shape index (κ2) is 4.93. The van der Waals surface area contributed by atoms with E-state index in [9.17, 15) is 0 Å². The molecule has 0 amide bonds. The van der Waals surface area contributed by atoms with Crippen molar-refractivity contribution in [3.8, 4) is 5.82 Å². The van der Waals surface area contributed by atoms with Gasteiger partial charge in [0.25, 0.3) is 0 Å². The molecule has 0 bridgehead atoms. The van der Waals surface area contributed by atoms with Gasteiger partial charge in [0.05, 0.1) is 27.8 Å². The van der Waals surface area contributed by atoms with Crippen LogP contribution in [0.3, 0.4) is 0 Å². The first kappa shape index (κ1) is 12.2. The van der Waals surface area contributed by atoms with Crippen molar-refractivity contribution in [3.63, 3.8) is 0 Å². The zero-order chi connectivity index (χ0) is 12.4. The van der Waals surface area contributed by atoms with Gasteiger partial charge in [-0.3, -0.25) is 4.98 Å². The molecule has 2 aromatic rings. The number of aryl methyl sites for hydroxylation is 1. The van der Waals surface area contributed by atoms with Gasteiger partial charge in [-0.05, 0) is 36.8 Å². The third kappa shape index (κ3) is 2.37. The molecule has 5 nitrogen and oxygen atoms in total. The molecule has 0 aliphatic carbocycles. The van der Waals surface area contributed by atoms with Crippen LogP contribution >= 0.6 is 15.9 Å². The van der Waals surface area contributed by atoms with Crippen molar-refractivity contribution >= 4 is 15.9 Å². The van der Waals surface area contributed by atoms with Crippen LogP contribution in [0, 0.1) is 13.8 Å². The summed E-state index contributed by atoms with van der Waals surface area (Å²) in [4.78, 5) is 8.68. The Morgan fingerprint density at radius 2 is 2.12 bits per heavy atom. The quantitative estimate of drug-likeness (QED) is 0.937. The maximum Gasteiger partial charge on any atom is 0.172 e. The molecule has 0 unspecified atom stereocenters. The number of rotatable bonds is 3. The Kier molecular flexibility index (Phi) is 3.54. The Hall–Kier alpha value is -1.27. The summed E-state index contributed by atoms with van der Waals surface area (Å²) >= 11 is 3.50.